The molecule has 0 amide bonds. The van der Waals surface area contributed by atoms with Crippen LogP contribution in [0.2, 0.25) is 0 Å². The van der Waals surface area contributed by atoms with Crippen molar-refractivity contribution in [3.63, 3.8) is 0 Å². The third-order valence-corrected chi connectivity index (χ3v) is 2.80. The number of aryl methyl sites for hydroxylation is 1. The summed E-state index contributed by atoms with van der Waals surface area (Å²) in [6.45, 7) is 5.91. The number of aliphatic hydroxyl groups is 1. The lowest BCUT2D eigenvalue weighted by molar-refractivity contribution is 0.0904. The monoisotopic (exact) mass is 253 g/mol. The number of ether oxygens (including phenoxy) is 1. The molecule has 0 saturated carbocycles. The zero-order chi connectivity index (χ0) is 13.4. The van der Waals surface area contributed by atoms with Gasteiger partial charge in [-0.05, 0) is 38.4 Å². The highest BCUT2D eigenvalue weighted by Gasteiger charge is 2.09. The molecule has 3 N–H and O–H groups in total. The van der Waals surface area contributed by atoms with Crippen LogP contribution in [0.15, 0.2) is 18.2 Å². The second kappa shape index (κ2) is 8.08. The zero-order valence-electron chi connectivity index (χ0n) is 11.1. The first-order chi connectivity index (χ1) is 8.65. The lowest BCUT2D eigenvalue weighted by Gasteiger charge is -2.16. The number of aliphatic hydroxyl groups excluding tert-OH is 1. The molecule has 4 nitrogen and oxygen atoms in total. The molecule has 0 fully saturated rings. The maximum Gasteiger partial charge on any atom is 0.120 e. The minimum atomic E-state index is 0.0705. The van der Waals surface area contributed by atoms with Crippen LogP contribution in [0.3, 0.4) is 0 Å². The fourth-order valence-corrected chi connectivity index (χ4v) is 1.79. The van der Waals surface area contributed by atoms with Crippen molar-refractivity contribution in [1.29, 1.82) is 0 Å². The van der Waals surface area contributed by atoms with Gasteiger partial charge < -0.3 is 20.3 Å². The quantitative estimate of drug-likeness (QED) is 0.618. The molecule has 1 rings (SSSR count). The Hall–Kier alpha value is -1.10. The predicted molar refractivity (Wildman–Crippen MR) is 71.8 cm³/mol. The Bertz CT molecular complexity index is 355. The van der Waals surface area contributed by atoms with Crippen molar-refractivity contribution in [2.24, 2.45) is 0 Å². The lowest BCUT2D eigenvalue weighted by atomic mass is 10.1. The SMILES string of the molecule is Cc1ccc(C(C)NCCCOCCO)c(O)c1. The molecule has 1 aromatic rings. The smallest absolute Gasteiger partial charge is 0.120 e. The Labute approximate surface area is 109 Å². The topological polar surface area (TPSA) is 61.7 Å². The molecule has 0 heterocycles. The number of hydrogen-bond donors (Lipinski definition) is 3. The largest absolute Gasteiger partial charge is 0.508 e. The third kappa shape index (κ3) is 5.04. The molecule has 102 valence electrons. The van der Waals surface area contributed by atoms with Gasteiger partial charge in [-0.3, -0.25) is 0 Å². The van der Waals surface area contributed by atoms with Gasteiger partial charge in [-0.2, -0.15) is 0 Å². The number of aromatic hydroxyl groups is 1. The molecular formula is C14H23NO3. The fraction of sp³-hybridized carbons (Fsp3) is 0.571. The molecule has 0 aliphatic carbocycles. The maximum absolute atomic E-state index is 9.84. The minimum Gasteiger partial charge on any atom is -0.508 e. The summed E-state index contributed by atoms with van der Waals surface area (Å²) in [6, 6.07) is 5.84. The summed E-state index contributed by atoms with van der Waals surface area (Å²) >= 11 is 0. The van der Waals surface area contributed by atoms with Gasteiger partial charge in [-0.15, -0.1) is 0 Å². The van der Waals surface area contributed by atoms with E-state index in [9.17, 15) is 5.11 Å². The summed E-state index contributed by atoms with van der Waals surface area (Å²) in [5, 5.41) is 21.7. The number of phenolic OH excluding ortho intramolecular Hbond substituents is 1. The van der Waals surface area contributed by atoms with Gasteiger partial charge in [0, 0.05) is 18.2 Å². The third-order valence-electron chi connectivity index (χ3n) is 2.80. The van der Waals surface area contributed by atoms with E-state index in [-0.39, 0.29) is 12.6 Å². The second-order valence-electron chi connectivity index (χ2n) is 4.43. The average Bonchev–Trinajstić information content (AvgIpc) is 2.33. The van der Waals surface area contributed by atoms with Gasteiger partial charge in [0.05, 0.1) is 13.2 Å². The highest BCUT2D eigenvalue weighted by atomic mass is 16.5. The van der Waals surface area contributed by atoms with E-state index < -0.39 is 0 Å². The number of benzene rings is 1. The van der Waals surface area contributed by atoms with E-state index >= 15 is 0 Å². The maximum atomic E-state index is 9.84. The van der Waals surface area contributed by atoms with E-state index in [1.807, 2.05) is 26.0 Å². The molecule has 0 bridgehead atoms. The van der Waals surface area contributed by atoms with Gasteiger partial charge >= 0.3 is 0 Å². The van der Waals surface area contributed by atoms with Crippen molar-refractivity contribution < 1.29 is 14.9 Å². The standard InChI is InChI=1S/C14H23NO3/c1-11-4-5-13(14(17)10-11)12(2)15-6-3-8-18-9-7-16/h4-5,10,12,15-17H,3,6-9H2,1-2H3. The van der Waals surface area contributed by atoms with E-state index in [1.165, 1.54) is 0 Å². The number of hydrogen-bond acceptors (Lipinski definition) is 4. The fourth-order valence-electron chi connectivity index (χ4n) is 1.79. The summed E-state index contributed by atoms with van der Waals surface area (Å²) in [4.78, 5) is 0. The predicted octanol–water partition coefficient (Wildman–Crippen LogP) is 1.75. The van der Waals surface area contributed by atoms with Crippen LogP contribution >= 0.6 is 0 Å². The van der Waals surface area contributed by atoms with Crippen LogP contribution in [0.25, 0.3) is 0 Å². The van der Waals surface area contributed by atoms with Crippen LogP contribution in [0.5, 0.6) is 5.75 Å². The molecule has 0 aromatic heterocycles. The van der Waals surface area contributed by atoms with Crippen molar-refractivity contribution in [2.75, 3.05) is 26.4 Å². The molecule has 0 saturated heterocycles. The van der Waals surface area contributed by atoms with Gasteiger partial charge in [-0.1, -0.05) is 12.1 Å². The Morgan fingerprint density at radius 3 is 2.78 bits per heavy atom. The normalized spacial score (nSPS) is 12.6. The number of nitrogens with one attached hydrogen (secondary N) is 1. The molecule has 18 heavy (non-hydrogen) atoms. The molecule has 4 heteroatoms. The molecule has 0 spiro atoms. The Morgan fingerprint density at radius 2 is 2.11 bits per heavy atom. The molecule has 1 aromatic carbocycles. The average molecular weight is 253 g/mol. The van der Waals surface area contributed by atoms with E-state index in [0.29, 0.717) is 19.0 Å². The van der Waals surface area contributed by atoms with E-state index in [0.717, 1.165) is 24.1 Å². The van der Waals surface area contributed by atoms with Crippen molar-refractivity contribution in [1.82, 2.24) is 5.32 Å². The number of phenols is 1. The van der Waals surface area contributed by atoms with Crippen molar-refractivity contribution in [2.45, 2.75) is 26.3 Å². The Kier molecular flexibility index (Phi) is 6.72. The van der Waals surface area contributed by atoms with Gasteiger partial charge in [0.15, 0.2) is 0 Å². The molecule has 1 atom stereocenters. The Morgan fingerprint density at radius 1 is 1.33 bits per heavy atom. The first kappa shape index (κ1) is 15.0. The first-order valence-electron chi connectivity index (χ1n) is 6.36. The van der Waals surface area contributed by atoms with Gasteiger partial charge in [0.2, 0.25) is 0 Å². The molecule has 0 radical (unpaired) electrons. The van der Waals surface area contributed by atoms with Crippen LogP contribution < -0.4 is 5.32 Å². The second-order valence-corrected chi connectivity index (χ2v) is 4.43. The van der Waals surface area contributed by atoms with Crippen LogP contribution in [0, 0.1) is 6.92 Å². The number of rotatable bonds is 8. The summed E-state index contributed by atoms with van der Waals surface area (Å²) in [7, 11) is 0. The highest BCUT2D eigenvalue weighted by Crippen LogP contribution is 2.24. The highest BCUT2D eigenvalue weighted by molar-refractivity contribution is 5.37. The van der Waals surface area contributed by atoms with Crippen molar-refractivity contribution in [3.05, 3.63) is 29.3 Å². The van der Waals surface area contributed by atoms with E-state index in [1.54, 1.807) is 6.07 Å². The zero-order valence-corrected chi connectivity index (χ0v) is 11.1. The lowest BCUT2D eigenvalue weighted by Crippen LogP contribution is -2.21. The first-order valence-corrected chi connectivity index (χ1v) is 6.36. The molecular weight excluding hydrogens is 230 g/mol. The van der Waals surface area contributed by atoms with Crippen LogP contribution in [0.1, 0.15) is 30.5 Å². The molecule has 1 unspecified atom stereocenters. The van der Waals surface area contributed by atoms with Crippen LogP contribution in [-0.2, 0) is 4.74 Å². The van der Waals surface area contributed by atoms with Crippen molar-refractivity contribution in [3.8, 4) is 5.75 Å². The molecule has 0 aliphatic heterocycles. The van der Waals surface area contributed by atoms with Crippen LogP contribution in [0.4, 0.5) is 0 Å². The van der Waals surface area contributed by atoms with E-state index in [2.05, 4.69) is 5.32 Å². The minimum absolute atomic E-state index is 0.0705. The Balaban J connectivity index is 2.29. The van der Waals surface area contributed by atoms with Crippen LogP contribution in [-0.4, -0.2) is 36.6 Å². The van der Waals surface area contributed by atoms with E-state index in [4.69, 9.17) is 9.84 Å². The van der Waals surface area contributed by atoms with Gasteiger partial charge in [-0.25, -0.2) is 0 Å². The summed E-state index contributed by atoms with van der Waals surface area (Å²) in [5.41, 5.74) is 1.97. The summed E-state index contributed by atoms with van der Waals surface area (Å²) < 4.78 is 5.17. The van der Waals surface area contributed by atoms with Crippen molar-refractivity contribution >= 4 is 0 Å². The molecule has 0 aliphatic rings. The van der Waals surface area contributed by atoms with Gasteiger partial charge in [0.1, 0.15) is 5.75 Å². The summed E-state index contributed by atoms with van der Waals surface area (Å²) in [5.74, 6) is 0.339. The van der Waals surface area contributed by atoms with Gasteiger partial charge in [0.25, 0.3) is 0 Å². The summed E-state index contributed by atoms with van der Waals surface area (Å²) in [6.07, 6.45) is 0.886.